The Bertz CT molecular complexity index is 563. The molecule has 2 aliphatic heterocycles. The lowest BCUT2D eigenvalue weighted by Crippen LogP contribution is -2.50. The van der Waals surface area contributed by atoms with E-state index in [2.05, 4.69) is 10.6 Å². The molecule has 0 spiro atoms. The number of rotatable bonds is 2. The molecule has 2 amide bonds. The molecule has 0 aromatic carbocycles. The van der Waals surface area contributed by atoms with Crippen LogP contribution in [0.15, 0.2) is 0 Å². The van der Waals surface area contributed by atoms with Crippen molar-refractivity contribution in [2.45, 2.75) is 74.8 Å². The Morgan fingerprint density at radius 2 is 2.04 bits per heavy atom. The molecule has 2 heterocycles. The Morgan fingerprint density at radius 3 is 2.85 bits per heavy atom. The summed E-state index contributed by atoms with van der Waals surface area (Å²) in [7, 11) is 0. The van der Waals surface area contributed by atoms with Gasteiger partial charge in [-0.15, -0.1) is 11.8 Å². The van der Waals surface area contributed by atoms with E-state index in [1.165, 1.54) is 0 Å². The SMILES string of the molecule is CC(=O)N1CCC[C@H](C(=O)NC2NC3CCC4CC(F)CCC4C3S2)C1. The van der Waals surface area contributed by atoms with Crippen molar-refractivity contribution in [3.63, 3.8) is 0 Å². The zero-order chi connectivity index (χ0) is 18.3. The third kappa shape index (κ3) is 3.75. The number of hydrogen-bond donors (Lipinski definition) is 2. The van der Waals surface area contributed by atoms with Crippen LogP contribution in [0, 0.1) is 17.8 Å². The van der Waals surface area contributed by atoms with Crippen molar-refractivity contribution in [2.24, 2.45) is 17.8 Å². The Kier molecular flexibility index (Phi) is 5.46. The first-order valence-electron chi connectivity index (χ1n) is 10.1. The second-order valence-corrected chi connectivity index (χ2v) is 9.77. The number of carbonyl (C=O) groups is 2. The summed E-state index contributed by atoms with van der Waals surface area (Å²) in [6.07, 6.45) is 5.73. The van der Waals surface area contributed by atoms with Gasteiger partial charge in [0.25, 0.3) is 0 Å². The summed E-state index contributed by atoms with van der Waals surface area (Å²) >= 11 is 1.83. The lowest BCUT2D eigenvalue weighted by atomic mass is 9.68. The molecule has 2 saturated heterocycles. The van der Waals surface area contributed by atoms with Gasteiger partial charge in [0.05, 0.1) is 5.92 Å². The number of amides is 2. The van der Waals surface area contributed by atoms with E-state index >= 15 is 0 Å². The van der Waals surface area contributed by atoms with Gasteiger partial charge in [-0.2, -0.15) is 0 Å². The molecule has 6 unspecified atom stereocenters. The monoisotopic (exact) mass is 383 g/mol. The lowest BCUT2D eigenvalue weighted by Gasteiger charge is -2.42. The van der Waals surface area contributed by atoms with Gasteiger partial charge in [-0.1, -0.05) is 0 Å². The Hall–Kier alpha value is -0.820. The van der Waals surface area contributed by atoms with Crippen LogP contribution in [0.25, 0.3) is 0 Å². The van der Waals surface area contributed by atoms with Gasteiger partial charge >= 0.3 is 0 Å². The van der Waals surface area contributed by atoms with Crippen LogP contribution in [0.3, 0.4) is 0 Å². The number of likely N-dealkylation sites (tertiary alicyclic amines) is 1. The van der Waals surface area contributed by atoms with E-state index in [-0.39, 0.29) is 23.2 Å². The third-order valence-corrected chi connectivity index (χ3v) is 8.33. The highest BCUT2D eigenvalue weighted by molar-refractivity contribution is 8.00. The number of fused-ring (bicyclic) bond motifs is 3. The second-order valence-electron chi connectivity index (χ2n) is 8.48. The van der Waals surface area contributed by atoms with E-state index in [1.54, 1.807) is 11.8 Å². The number of alkyl halides is 1. The van der Waals surface area contributed by atoms with Crippen LogP contribution in [-0.4, -0.2) is 52.8 Å². The van der Waals surface area contributed by atoms with Gasteiger partial charge in [0.1, 0.15) is 11.7 Å². The molecule has 2 aliphatic carbocycles. The van der Waals surface area contributed by atoms with Gasteiger partial charge in [0.2, 0.25) is 11.8 Å². The van der Waals surface area contributed by atoms with Crippen molar-refractivity contribution >= 4 is 23.6 Å². The van der Waals surface area contributed by atoms with Crippen LogP contribution in [0.1, 0.15) is 51.9 Å². The highest BCUT2D eigenvalue weighted by Crippen LogP contribution is 2.48. The Morgan fingerprint density at radius 1 is 1.19 bits per heavy atom. The van der Waals surface area contributed by atoms with Gasteiger partial charge in [-0.3, -0.25) is 14.9 Å². The number of nitrogens with zero attached hydrogens (tertiary/aromatic N) is 1. The first-order chi connectivity index (χ1) is 12.5. The summed E-state index contributed by atoms with van der Waals surface area (Å²) in [5.74, 6) is 1.11. The first kappa shape index (κ1) is 18.5. The highest BCUT2D eigenvalue weighted by atomic mass is 32.2. The minimum atomic E-state index is -0.613. The molecule has 4 rings (SSSR count). The maximum Gasteiger partial charge on any atom is 0.226 e. The van der Waals surface area contributed by atoms with Crippen molar-refractivity contribution in [1.29, 1.82) is 0 Å². The molecule has 4 fully saturated rings. The van der Waals surface area contributed by atoms with Crippen molar-refractivity contribution in [3.8, 4) is 0 Å². The smallest absolute Gasteiger partial charge is 0.226 e. The van der Waals surface area contributed by atoms with Gasteiger partial charge in [-0.05, 0) is 56.8 Å². The van der Waals surface area contributed by atoms with Crippen LogP contribution in [0.2, 0.25) is 0 Å². The minimum Gasteiger partial charge on any atom is -0.342 e. The van der Waals surface area contributed by atoms with Crippen LogP contribution in [0.4, 0.5) is 4.39 Å². The van der Waals surface area contributed by atoms with E-state index in [0.29, 0.717) is 36.1 Å². The van der Waals surface area contributed by atoms with Gasteiger partial charge in [0, 0.05) is 31.3 Å². The number of halogens is 1. The van der Waals surface area contributed by atoms with Crippen molar-refractivity contribution in [2.75, 3.05) is 13.1 Å². The van der Waals surface area contributed by atoms with Crippen LogP contribution < -0.4 is 10.6 Å². The minimum absolute atomic E-state index is 0.0490. The molecule has 0 aromatic heterocycles. The summed E-state index contributed by atoms with van der Waals surface area (Å²) < 4.78 is 13.7. The fraction of sp³-hybridized carbons (Fsp3) is 0.895. The summed E-state index contributed by atoms with van der Waals surface area (Å²) in [5.41, 5.74) is -0.0490. The van der Waals surface area contributed by atoms with Crippen LogP contribution >= 0.6 is 11.8 Å². The zero-order valence-corrected chi connectivity index (χ0v) is 16.3. The van der Waals surface area contributed by atoms with Gasteiger partial charge in [-0.25, -0.2) is 4.39 Å². The van der Waals surface area contributed by atoms with E-state index < -0.39 is 6.17 Å². The van der Waals surface area contributed by atoms with Gasteiger partial charge < -0.3 is 10.2 Å². The van der Waals surface area contributed by atoms with Crippen molar-refractivity contribution in [1.82, 2.24) is 15.5 Å². The maximum atomic E-state index is 13.7. The maximum absolute atomic E-state index is 13.7. The van der Waals surface area contributed by atoms with Crippen LogP contribution in [-0.2, 0) is 9.59 Å². The lowest BCUT2D eigenvalue weighted by molar-refractivity contribution is -0.134. The van der Waals surface area contributed by atoms with Gasteiger partial charge in [0.15, 0.2) is 0 Å². The molecular weight excluding hydrogens is 353 g/mol. The second kappa shape index (κ2) is 7.66. The molecule has 2 saturated carbocycles. The molecule has 0 aromatic rings. The molecule has 26 heavy (non-hydrogen) atoms. The molecule has 7 atom stereocenters. The number of hydrogen-bond acceptors (Lipinski definition) is 4. The van der Waals surface area contributed by atoms with E-state index in [9.17, 15) is 14.0 Å². The summed E-state index contributed by atoms with van der Waals surface area (Å²) in [6, 6.07) is 0.433. The summed E-state index contributed by atoms with van der Waals surface area (Å²) in [5, 5.41) is 7.26. The average molecular weight is 384 g/mol. The number of thioether (sulfide) groups is 1. The molecule has 5 nitrogen and oxygen atoms in total. The van der Waals surface area contributed by atoms with Crippen molar-refractivity contribution in [3.05, 3.63) is 0 Å². The molecule has 2 N–H and O–H groups in total. The number of nitrogens with one attached hydrogen (secondary N) is 2. The number of carbonyl (C=O) groups excluding carboxylic acids is 2. The quantitative estimate of drug-likeness (QED) is 0.768. The first-order valence-corrected chi connectivity index (χ1v) is 11.1. The van der Waals surface area contributed by atoms with E-state index in [4.69, 9.17) is 0 Å². The fourth-order valence-corrected chi connectivity index (χ4v) is 7.13. The zero-order valence-electron chi connectivity index (χ0n) is 15.5. The molecule has 0 bridgehead atoms. The predicted molar refractivity (Wildman–Crippen MR) is 100 cm³/mol. The molecule has 146 valence electrons. The molecular formula is C19H30FN3O2S. The number of piperidine rings is 1. The molecule has 4 aliphatic rings. The standard InChI is InChI=1S/C19H30FN3O2S/c1-11(24)23-8-2-3-13(10-23)18(25)22-19-21-16-7-4-12-9-14(20)5-6-15(12)17(16)26-19/h12-17,19,21H,2-10H2,1H3,(H,22,25)/t12?,13-,14?,15?,16?,17?,19?/m0/s1. The van der Waals surface area contributed by atoms with E-state index in [1.807, 2.05) is 11.8 Å². The normalized spacial score (nSPS) is 42.7. The largest absolute Gasteiger partial charge is 0.342 e. The third-order valence-electron chi connectivity index (χ3n) is 6.81. The summed E-state index contributed by atoms with van der Waals surface area (Å²) in [4.78, 5) is 26.1. The van der Waals surface area contributed by atoms with Crippen molar-refractivity contribution < 1.29 is 14.0 Å². The highest BCUT2D eigenvalue weighted by Gasteiger charge is 2.47. The average Bonchev–Trinajstić information content (AvgIpc) is 3.04. The Balaban J connectivity index is 1.33. The Labute approximate surface area is 159 Å². The van der Waals surface area contributed by atoms with E-state index in [0.717, 1.165) is 45.1 Å². The molecule has 0 radical (unpaired) electrons. The fourth-order valence-electron chi connectivity index (χ4n) is 5.42. The predicted octanol–water partition coefficient (Wildman–Crippen LogP) is 2.27. The topological polar surface area (TPSA) is 61.4 Å². The van der Waals surface area contributed by atoms with Crippen LogP contribution in [0.5, 0.6) is 0 Å². The molecule has 7 heteroatoms. The summed E-state index contributed by atoms with van der Waals surface area (Å²) in [6.45, 7) is 2.87.